The maximum absolute atomic E-state index is 11.7. The average molecular weight is 254 g/mol. The Kier molecular flexibility index (Phi) is 8.92. The average Bonchev–Trinajstić information content (AvgIpc) is 2.90. The molecule has 0 bridgehead atoms. The molecule has 0 aromatic rings. The van der Waals surface area contributed by atoms with Crippen LogP contribution in [0.2, 0.25) is 0 Å². The van der Waals surface area contributed by atoms with E-state index in [2.05, 4.69) is 12.2 Å². The van der Waals surface area contributed by atoms with Gasteiger partial charge in [0.15, 0.2) is 0 Å². The van der Waals surface area contributed by atoms with Gasteiger partial charge in [-0.15, -0.1) is 0 Å². The van der Waals surface area contributed by atoms with Crippen molar-refractivity contribution in [3.63, 3.8) is 0 Å². The molecule has 0 unspecified atom stereocenters. The molecule has 3 nitrogen and oxygen atoms in total. The number of nitrogens with zero attached hydrogens (tertiary/aromatic N) is 1. The molecule has 106 valence electrons. The van der Waals surface area contributed by atoms with Crippen LogP contribution in [-0.2, 0) is 4.79 Å². The summed E-state index contributed by atoms with van der Waals surface area (Å²) in [6, 6.07) is 0. The maximum atomic E-state index is 11.7. The van der Waals surface area contributed by atoms with Crippen LogP contribution < -0.4 is 5.32 Å². The first kappa shape index (κ1) is 15.5. The van der Waals surface area contributed by atoms with Gasteiger partial charge in [0, 0.05) is 13.1 Å². The molecule has 0 spiro atoms. The molecule has 1 rings (SSSR count). The first-order chi connectivity index (χ1) is 8.84. The van der Waals surface area contributed by atoms with Gasteiger partial charge in [-0.05, 0) is 25.8 Å². The second kappa shape index (κ2) is 10.4. The van der Waals surface area contributed by atoms with E-state index in [1.165, 1.54) is 57.8 Å². The Balaban J connectivity index is 1.82. The normalized spacial score (nSPS) is 15.3. The fourth-order valence-corrected chi connectivity index (χ4v) is 2.48. The highest BCUT2D eigenvalue weighted by Crippen LogP contribution is 2.07. The minimum atomic E-state index is 0.287. The number of hydrogen-bond donors (Lipinski definition) is 1. The Morgan fingerprint density at radius 1 is 1.00 bits per heavy atom. The highest BCUT2D eigenvalue weighted by Gasteiger charge is 2.16. The summed E-state index contributed by atoms with van der Waals surface area (Å²) >= 11 is 0. The van der Waals surface area contributed by atoms with Crippen LogP contribution in [-0.4, -0.2) is 37.0 Å². The third-order valence-electron chi connectivity index (χ3n) is 3.69. The Morgan fingerprint density at radius 3 is 2.28 bits per heavy atom. The molecule has 0 saturated carbocycles. The van der Waals surface area contributed by atoms with Crippen molar-refractivity contribution in [2.45, 2.75) is 64.7 Å². The second-order valence-corrected chi connectivity index (χ2v) is 5.39. The molecule has 0 atom stereocenters. The van der Waals surface area contributed by atoms with Crippen molar-refractivity contribution in [1.82, 2.24) is 10.2 Å². The van der Waals surface area contributed by atoms with Gasteiger partial charge < -0.3 is 10.2 Å². The molecule has 1 aliphatic rings. The van der Waals surface area contributed by atoms with Gasteiger partial charge in [-0.2, -0.15) is 0 Å². The van der Waals surface area contributed by atoms with Gasteiger partial charge in [0.1, 0.15) is 0 Å². The zero-order valence-electron chi connectivity index (χ0n) is 12.0. The summed E-state index contributed by atoms with van der Waals surface area (Å²) < 4.78 is 0. The second-order valence-electron chi connectivity index (χ2n) is 5.39. The van der Waals surface area contributed by atoms with Crippen molar-refractivity contribution in [2.24, 2.45) is 0 Å². The highest BCUT2D eigenvalue weighted by molar-refractivity contribution is 5.78. The number of hydrogen-bond acceptors (Lipinski definition) is 2. The third-order valence-corrected chi connectivity index (χ3v) is 3.69. The largest absolute Gasteiger partial charge is 0.342 e. The maximum Gasteiger partial charge on any atom is 0.236 e. The van der Waals surface area contributed by atoms with Gasteiger partial charge in [0.2, 0.25) is 5.91 Å². The number of carbonyl (C=O) groups excluding carboxylic acids is 1. The van der Waals surface area contributed by atoms with Crippen LogP contribution in [0.5, 0.6) is 0 Å². The molecule has 0 aliphatic carbocycles. The highest BCUT2D eigenvalue weighted by atomic mass is 16.2. The first-order valence-corrected chi connectivity index (χ1v) is 7.83. The van der Waals surface area contributed by atoms with Gasteiger partial charge in [-0.3, -0.25) is 4.79 Å². The lowest BCUT2D eigenvalue weighted by Gasteiger charge is -2.15. The van der Waals surface area contributed by atoms with E-state index in [0.717, 1.165) is 19.6 Å². The molecule has 3 heteroatoms. The summed E-state index contributed by atoms with van der Waals surface area (Å²) in [7, 11) is 0. The van der Waals surface area contributed by atoms with E-state index in [4.69, 9.17) is 0 Å². The number of likely N-dealkylation sites (tertiary alicyclic amines) is 1. The molecule has 1 N–H and O–H groups in total. The lowest BCUT2D eigenvalue weighted by Crippen LogP contribution is -2.36. The van der Waals surface area contributed by atoms with Gasteiger partial charge in [0.25, 0.3) is 0 Å². The summed E-state index contributed by atoms with van der Waals surface area (Å²) in [4.78, 5) is 13.7. The molecule has 1 heterocycles. The predicted octanol–water partition coefficient (Wildman–Crippen LogP) is 2.95. The molecule has 0 aromatic carbocycles. The third kappa shape index (κ3) is 7.00. The van der Waals surface area contributed by atoms with E-state index in [1.54, 1.807) is 0 Å². The number of nitrogens with one attached hydrogen (secondary N) is 1. The van der Waals surface area contributed by atoms with Gasteiger partial charge in [-0.25, -0.2) is 0 Å². The molecular formula is C15H30N2O. The number of carbonyl (C=O) groups is 1. The summed E-state index contributed by atoms with van der Waals surface area (Å²) in [6.45, 7) is 5.72. The van der Waals surface area contributed by atoms with E-state index in [1.807, 2.05) is 4.90 Å². The van der Waals surface area contributed by atoms with Crippen LogP contribution in [0.25, 0.3) is 0 Å². The lowest BCUT2D eigenvalue weighted by atomic mass is 10.1. The topological polar surface area (TPSA) is 32.3 Å². The van der Waals surface area contributed by atoms with Crippen molar-refractivity contribution in [1.29, 1.82) is 0 Å². The fraction of sp³-hybridized carbons (Fsp3) is 0.933. The zero-order chi connectivity index (χ0) is 13.1. The van der Waals surface area contributed by atoms with Crippen LogP contribution in [0.15, 0.2) is 0 Å². The lowest BCUT2D eigenvalue weighted by molar-refractivity contribution is -0.129. The molecule has 1 fully saturated rings. The SMILES string of the molecule is CCCCCCCCCNCC(=O)N1CCCC1. The molecule has 1 amide bonds. The minimum Gasteiger partial charge on any atom is -0.342 e. The van der Waals surface area contributed by atoms with Crippen molar-refractivity contribution in [3.8, 4) is 0 Å². The van der Waals surface area contributed by atoms with Crippen LogP contribution >= 0.6 is 0 Å². The summed E-state index contributed by atoms with van der Waals surface area (Å²) in [5, 5.41) is 3.27. The van der Waals surface area contributed by atoms with Gasteiger partial charge in [-0.1, -0.05) is 45.4 Å². The smallest absolute Gasteiger partial charge is 0.236 e. The minimum absolute atomic E-state index is 0.287. The molecular weight excluding hydrogens is 224 g/mol. The standard InChI is InChI=1S/C15H30N2O/c1-2-3-4-5-6-7-8-11-16-14-15(18)17-12-9-10-13-17/h16H,2-14H2,1H3. The monoisotopic (exact) mass is 254 g/mol. The number of unbranched alkanes of at least 4 members (excludes halogenated alkanes) is 6. The Labute approximate surface area is 112 Å². The van der Waals surface area contributed by atoms with Crippen LogP contribution in [0.1, 0.15) is 64.7 Å². The number of rotatable bonds is 10. The molecule has 1 saturated heterocycles. The van der Waals surface area contributed by atoms with Crippen molar-refractivity contribution in [3.05, 3.63) is 0 Å². The summed E-state index contributed by atoms with van der Waals surface area (Å²) in [6.07, 6.45) is 11.7. The predicted molar refractivity (Wildman–Crippen MR) is 76.7 cm³/mol. The van der Waals surface area contributed by atoms with Crippen LogP contribution in [0.3, 0.4) is 0 Å². The van der Waals surface area contributed by atoms with E-state index in [-0.39, 0.29) is 5.91 Å². The van der Waals surface area contributed by atoms with E-state index >= 15 is 0 Å². The van der Waals surface area contributed by atoms with E-state index in [9.17, 15) is 4.79 Å². The van der Waals surface area contributed by atoms with Gasteiger partial charge in [0.05, 0.1) is 6.54 Å². The quantitative estimate of drug-likeness (QED) is 0.608. The van der Waals surface area contributed by atoms with Crippen molar-refractivity contribution >= 4 is 5.91 Å². The summed E-state index contributed by atoms with van der Waals surface area (Å²) in [5.74, 6) is 0.287. The molecule has 0 aromatic heterocycles. The fourth-order valence-electron chi connectivity index (χ4n) is 2.48. The first-order valence-electron chi connectivity index (χ1n) is 7.83. The molecule has 0 radical (unpaired) electrons. The van der Waals surface area contributed by atoms with Crippen molar-refractivity contribution in [2.75, 3.05) is 26.2 Å². The Morgan fingerprint density at radius 2 is 1.61 bits per heavy atom. The number of amides is 1. The van der Waals surface area contributed by atoms with Crippen LogP contribution in [0.4, 0.5) is 0 Å². The van der Waals surface area contributed by atoms with Crippen LogP contribution in [0, 0.1) is 0 Å². The summed E-state index contributed by atoms with van der Waals surface area (Å²) in [5.41, 5.74) is 0. The van der Waals surface area contributed by atoms with E-state index in [0.29, 0.717) is 6.54 Å². The van der Waals surface area contributed by atoms with Crippen molar-refractivity contribution < 1.29 is 4.79 Å². The Bertz CT molecular complexity index is 213. The molecule has 1 aliphatic heterocycles. The van der Waals surface area contributed by atoms with Gasteiger partial charge >= 0.3 is 0 Å². The molecule has 18 heavy (non-hydrogen) atoms. The zero-order valence-corrected chi connectivity index (χ0v) is 12.0. The van der Waals surface area contributed by atoms with E-state index < -0.39 is 0 Å². The Hall–Kier alpha value is -0.570.